The van der Waals surface area contributed by atoms with Crippen LogP contribution in [-0.2, 0) is 34.8 Å². The van der Waals surface area contributed by atoms with Crippen molar-refractivity contribution in [1.82, 2.24) is 15.5 Å². The van der Waals surface area contributed by atoms with Crippen molar-refractivity contribution in [1.29, 1.82) is 0 Å². The number of benzene rings is 1. The van der Waals surface area contributed by atoms with Crippen LogP contribution in [0.2, 0.25) is 6.32 Å². The van der Waals surface area contributed by atoms with E-state index in [0.717, 1.165) is 17.5 Å². The van der Waals surface area contributed by atoms with Crippen LogP contribution in [0.4, 0.5) is 4.79 Å². The Morgan fingerprint density at radius 1 is 1.02 bits per heavy atom. The molecule has 3 amide bonds. The molecule has 2 heterocycles. The zero-order valence-electron chi connectivity index (χ0n) is 32.4. The Hall–Kier alpha value is -3.32. The van der Waals surface area contributed by atoms with Crippen molar-refractivity contribution >= 4 is 31.0 Å². The largest absolute Gasteiger partial charge is 0.486 e. The maximum absolute atomic E-state index is 13.6. The second-order valence-corrected chi connectivity index (χ2v) is 17.6. The van der Waals surface area contributed by atoms with Gasteiger partial charge in [-0.25, -0.2) is 9.59 Å². The normalized spacial score (nSPS) is 25.9. The highest BCUT2D eigenvalue weighted by Gasteiger charge is 2.67. The first-order valence-corrected chi connectivity index (χ1v) is 18.5. The Morgan fingerprint density at radius 3 is 2.29 bits per heavy atom. The van der Waals surface area contributed by atoms with Crippen molar-refractivity contribution in [3.05, 3.63) is 28.8 Å². The number of carbonyl (C=O) groups excluding carboxylic acids is 4. The molecule has 6 rings (SSSR count). The van der Waals surface area contributed by atoms with Crippen molar-refractivity contribution in [3.63, 3.8) is 0 Å². The second kappa shape index (κ2) is 14.3. The zero-order chi connectivity index (χ0) is 37.7. The molecule has 13 heteroatoms. The van der Waals surface area contributed by atoms with Gasteiger partial charge in [-0.15, -0.1) is 0 Å². The van der Waals surface area contributed by atoms with Gasteiger partial charge in [-0.05, 0) is 122 Å². The summed E-state index contributed by atoms with van der Waals surface area (Å²) in [6.07, 6.45) is 2.77. The van der Waals surface area contributed by atoms with Crippen molar-refractivity contribution in [2.45, 2.75) is 143 Å². The number of hydrogen-bond donors (Lipinski definition) is 2. The fourth-order valence-electron chi connectivity index (χ4n) is 8.22. The molecule has 5 atom stereocenters. The maximum Gasteiger partial charge on any atom is 0.457 e. The van der Waals surface area contributed by atoms with E-state index in [1.165, 1.54) is 13.3 Å². The molecule has 0 spiro atoms. The Bertz CT molecular complexity index is 1510. The summed E-state index contributed by atoms with van der Waals surface area (Å²) >= 11 is 0. The number of hydrogen-bond acceptors (Lipinski definition) is 9. The number of amides is 3. The standard InChI is InChI=1S/C38H58BN3O9/c1-22-24(14-16-39-50-30-19-25-18-29(37(25,9)10)38(30,11)51-39)12-13-28(31(22)33(45)48-35(3,4)5)47-26-20-42(21-26)32(44)27(15-17-40-23(2)43)41-34(46)49-36(6,7)8/h12-13,25-27,29-30H,14-21H2,1-11H3,(H,40,43)(H,41,46)/t25-,27-,29-,30+,38-/m0/s1. The van der Waals surface area contributed by atoms with Gasteiger partial charge in [0.1, 0.15) is 34.7 Å². The van der Waals surface area contributed by atoms with E-state index in [2.05, 4.69) is 31.4 Å². The van der Waals surface area contributed by atoms with Gasteiger partial charge in [0.2, 0.25) is 11.8 Å². The highest BCUT2D eigenvalue weighted by Crippen LogP contribution is 2.65. The van der Waals surface area contributed by atoms with E-state index in [4.69, 9.17) is 23.5 Å². The molecule has 2 bridgehead atoms. The van der Waals surface area contributed by atoms with Crippen LogP contribution < -0.4 is 15.4 Å². The van der Waals surface area contributed by atoms with E-state index in [1.807, 2.05) is 33.8 Å². The minimum absolute atomic E-state index is 0.114. The third kappa shape index (κ3) is 8.67. The fraction of sp³-hybridized carbons (Fsp3) is 0.737. The van der Waals surface area contributed by atoms with Crippen LogP contribution in [0, 0.1) is 24.2 Å². The first-order chi connectivity index (χ1) is 23.6. The summed E-state index contributed by atoms with van der Waals surface area (Å²) in [5, 5.41) is 5.32. The van der Waals surface area contributed by atoms with Gasteiger partial charge >= 0.3 is 19.2 Å². The minimum Gasteiger partial charge on any atom is -0.486 e. The molecule has 282 valence electrons. The van der Waals surface area contributed by atoms with Crippen molar-refractivity contribution < 1.29 is 42.7 Å². The summed E-state index contributed by atoms with van der Waals surface area (Å²) in [4.78, 5) is 52.6. The van der Waals surface area contributed by atoms with Crippen molar-refractivity contribution in [3.8, 4) is 5.75 Å². The lowest BCUT2D eigenvalue weighted by Crippen LogP contribution is -2.65. The molecule has 2 N–H and O–H groups in total. The van der Waals surface area contributed by atoms with Crippen LogP contribution in [0.25, 0.3) is 0 Å². The van der Waals surface area contributed by atoms with E-state index >= 15 is 0 Å². The van der Waals surface area contributed by atoms with Crippen LogP contribution in [0.1, 0.15) is 110 Å². The Kier molecular flexibility index (Phi) is 10.9. The molecule has 3 aliphatic carbocycles. The zero-order valence-corrected chi connectivity index (χ0v) is 32.4. The number of rotatable bonds is 11. The summed E-state index contributed by atoms with van der Waals surface area (Å²) in [5.74, 6) is 0.550. The molecular formula is C38H58BN3O9. The average Bonchev–Trinajstić information content (AvgIpc) is 3.31. The molecule has 2 aliphatic heterocycles. The number of nitrogens with zero attached hydrogens (tertiary/aromatic N) is 1. The van der Waals surface area contributed by atoms with Crippen molar-refractivity contribution in [2.75, 3.05) is 19.6 Å². The third-order valence-corrected chi connectivity index (χ3v) is 11.0. The predicted octanol–water partition coefficient (Wildman–Crippen LogP) is 5.23. The smallest absolute Gasteiger partial charge is 0.457 e. The van der Waals surface area contributed by atoms with Gasteiger partial charge in [0, 0.05) is 13.5 Å². The topological polar surface area (TPSA) is 142 Å². The fourth-order valence-corrected chi connectivity index (χ4v) is 8.22. The van der Waals surface area contributed by atoms with Crippen LogP contribution in [-0.4, -0.2) is 90.6 Å². The van der Waals surface area contributed by atoms with Gasteiger partial charge in [-0.1, -0.05) is 19.9 Å². The molecule has 12 nitrogen and oxygen atoms in total. The average molecular weight is 712 g/mol. The van der Waals surface area contributed by atoms with E-state index in [-0.39, 0.29) is 68.2 Å². The number of aryl methyl sites for hydroxylation is 1. The minimum atomic E-state index is -0.900. The number of ether oxygens (including phenoxy) is 3. The SMILES string of the molecule is CC(=O)NCC[C@H](NC(=O)OC(C)(C)C)C(=O)N1CC(Oc2ccc(CCB3O[C@@H]4C[C@@H]5C[C@@H](C5(C)C)[C@]4(C)O3)c(C)c2C(=O)OC(C)(C)C)C1. The molecule has 3 saturated carbocycles. The summed E-state index contributed by atoms with van der Waals surface area (Å²) in [7, 11) is -0.305. The van der Waals surface area contributed by atoms with Crippen LogP contribution in [0.3, 0.4) is 0 Å². The first kappa shape index (κ1) is 38.9. The predicted molar refractivity (Wildman–Crippen MR) is 192 cm³/mol. The molecule has 51 heavy (non-hydrogen) atoms. The molecule has 1 aromatic carbocycles. The highest BCUT2D eigenvalue weighted by molar-refractivity contribution is 6.45. The molecule has 2 saturated heterocycles. The van der Waals surface area contributed by atoms with E-state index < -0.39 is 29.3 Å². The monoisotopic (exact) mass is 711 g/mol. The molecule has 1 aromatic rings. The highest BCUT2D eigenvalue weighted by atomic mass is 16.7. The lowest BCUT2D eigenvalue weighted by atomic mass is 9.43. The molecule has 0 unspecified atom stereocenters. The molecule has 0 radical (unpaired) electrons. The van der Waals surface area contributed by atoms with E-state index in [9.17, 15) is 19.2 Å². The van der Waals surface area contributed by atoms with Gasteiger partial charge in [0.15, 0.2) is 0 Å². The number of likely N-dealkylation sites (tertiary alicyclic amines) is 1. The van der Waals surface area contributed by atoms with Crippen molar-refractivity contribution in [2.24, 2.45) is 17.3 Å². The second-order valence-electron chi connectivity index (χ2n) is 17.6. The third-order valence-electron chi connectivity index (χ3n) is 11.0. The number of carbonyl (C=O) groups is 4. The molecule has 0 aromatic heterocycles. The van der Waals surface area contributed by atoms with Crippen LogP contribution >= 0.6 is 0 Å². The quantitative estimate of drug-likeness (QED) is 0.233. The van der Waals surface area contributed by atoms with Gasteiger partial charge < -0.3 is 39.1 Å². The van der Waals surface area contributed by atoms with Gasteiger partial charge in [0.05, 0.1) is 24.8 Å². The van der Waals surface area contributed by atoms with Crippen LogP contribution in [0.5, 0.6) is 5.75 Å². The van der Waals surface area contributed by atoms with Gasteiger partial charge in [-0.2, -0.15) is 0 Å². The number of alkyl carbamates (subject to hydrolysis) is 1. The molecular weight excluding hydrogens is 653 g/mol. The molecule has 5 aliphatic rings. The number of nitrogens with one attached hydrogen (secondary N) is 2. The lowest BCUT2D eigenvalue weighted by molar-refractivity contribution is -0.199. The van der Waals surface area contributed by atoms with E-state index in [1.54, 1.807) is 31.7 Å². The van der Waals surface area contributed by atoms with E-state index in [0.29, 0.717) is 35.9 Å². The summed E-state index contributed by atoms with van der Waals surface area (Å²) in [6.45, 7) is 21.7. The summed E-state index contributed by atoms with van der Waals surface area (Å²) < 4.78 is 30.7. The van der Waals surface area contributed by atoms with Crippen LogP contribution in [0.15, 0.2) is 12.1 Å². The summed E-state index contributed by atoms with van der Waals surface area (Å²) in [5.41, 5.74) is 0.678. The summed E-state index contributed by atoms with van der Waals surface area (Å²) in [6, 6.07) is 2.89. The maximum atomic E-state index is 13.6. The lowest BCUT2D eigenvalue weighted by Gasteiger charge is -2.64. The Labute approximate surface area is 303 Å². The Morgan fingerprint density at radius 2 is 1.69 bits per heavy atom. The van der Waals surface area contributed by atoms with Gasteiger partial charge in [0.25, 0.3) is 0 Å². The Balaban J connectivity index is 1.24. The first-order valence-electron chi connectivity index (χ1n) is 18.5. The number of esters is 1. The molecule has 5 fully saturated rings. The van der Waals surface area contributed by atoms with Gasteiger partial charge in [-0.3, -0.25) is 9.59 Å².